The lowest BCUT2D eigenvalue weighted by molar-refractivity contribution is 0.0700. The third-order valence-corrected chi connectivity index (χ3v) is 2.95. The number of hydrogen-bond acceptors (Lipinski definition) is 3. The van der Waals surface area contributed by atoms with Crippen LogP contribution in [0, 0.1) is 0 Å². The number of nitrogens with two attached hydrogens (primary N) is 2. The van der Waals surface area contributed by atoms with Crippen LogP contribution in [-0.2, 0) is 0 Å². The third-order valence-electron chi connectivity index (χ3n) is 2.95. The Morgan fingerprint density at radius 1 is 1.24 bits per heavy atom. The summed E-state index contributed by atoms with van der Waals surface area (Å²) in [4.78, 5) is 14.1. The molecule has 0 spiro atoms. The smallest absolute Gasteiger partial charge is 0.254 e. The zero-order valence-corrected chi connectivity index (χ0v) is 10.7. The zero-order chi connectivity index (χ0) is 13.0. The van der Waals surface area contributed by atoms with Crippen molar-refractivity contribution in [2.75, 3.05) is 18.0 Å². The molecule has 0 fully saturated rings. The van der Waals surface area contributed by atoms with Crippen molar-refractivity contribution in [2.24, 2.45) is 0 Å². The van der Waals surface area contributed by atoms with Gasteiger partial charge in [-0.3, -0.25) is 4.79 Å². The number of nitrogens with zero attached hydrogens (tertiary/aromatic N) is 1. The average molecular weight is 235 g/mol. The van der Waals surface area contributed by atoms with Crippen molar-refractivity contribution in [3.63, 3.8) is 0 Å². The van der Waals surface area contributed by atoms with Gasteiger partial charge in [0.15, 0.2) is 0 Å². The molecule has 1 atom stereocenters. The summed E-state index contributed by atoms with van der Waals surface area (Å²) in [5.74, 6) is -0.0131. The lowest BCUT2D eigenvalue weighted by Crippen LogP contribution is -2.38. The highest BCUT2D eigenvalue weighted by molar-refractivity contribution is 5.96. The fourth-order valence-electron chi connectivity index (χ4n) is 1.84. The van der Waals surface area contributed by atoms with Gasteiger partial charge < -0.3 is 16.4 Å². The SMILES string of the molecule is CCC(C)N(CC)C(=O)c1cc(N)cc(N)c1. The minimum absolute atomic E-state index is 0.0131. The van der Waals surface area contributed by atoms with E-state index >= 15 is 0 Å². The molecule has 0 aliphatic rings. The van der Waals surface area contributed by atoms with Crippen molar-refractivity contribution in [1.29, 1.82) is 0 Å². The van der Waals surface area contributed by atoms with Crippen molar-refractivity contribution >= 4 is 17.3 Å². The maximum absolute atomic E-state index is 12.3. The molecule has 0 aromatic heterocycles. The minimum Gasteiger partial charge on any atom is -0.399 e. The summed E-state index contributed by atoms with van der Waals surface area (Å²) < 4.78 is 0. The first-order valence-corrected chi connectivity index (χ1v) is 5.96. The molecule has 0 aliphatic carbocycles. The second-order valence-corrected chi connectivity index (χ2v) is 4.24. The highest BCUT2D eigenvalue weighted by Crippen LogP contribution is 2.17. The van der Waals surface area contributed by atoms with Crippen LogP contribution in [0.5, 0.6) is 0 Å². The van der Waals surface area contributed by atoms with E-state index in [4.69, 9.17) is 11.5 Å². The number of amides is 1. The molecule has 0 saturated heterocycles. The lowest BCUT2D eigenvalue weighted by atomic mass is 10.1. The Labute approximate surface area is 103 Å². The molecule has 4 N–H and O–H groups in total. The number of hydrogen-bond donors (Lipinski definition) is 2. The van der Waals surface area contributed by atoms with Gasteiger partial charge in [-0.05, 0) is 38.5 Å². The molecule has 1 rings (SSSR count). The van der Waals surface area contributed by atoms with Crippen LogP contribution in [0.15, 0.2) is 18.2 Å². The van der Waals surface area contributed by atoms with Gasteiger partial charge in [0, 0.05) is 29.5 Å². The van der Waals surface area contributed by atoms with Gasteiger partial charge >= 0.3 is 0 Å². The first-order chi connectivity index (χ1) is 7.99. The van der Waals surface area contributed by atoms with Crippen molar-refractivity contribution in [3.05, 3.63) is 23.8 Å². The monoisotopic (exact) mass is 235 g/mol. The van der Waals surface area contributed by atoms with Gasteiger partial charge in [-0.2, -0.15) is 0 Å². The van der Waals surface area contributed by atoms with Gasteiger partial charge in [0.25, 0.3) is 5.91 Å². The van der Waals surface area contributed by atoms with Crippen LogP contribution in [0.25, 0.3) is 0 Å². The molecule has 94 valence electrons. The quantitative estimate of drug-likeness (QED) is 0.785. The Kier molecular flexibility index (Phi) is 4.37. The minimum atomic E-state index is -0.0131. The van der Waals surface area contributed by atoms with Crippen LogP contribution in [0.4, 0.5) is 11.4 Å². The van der Waals surface area contributed by atoms with Crippen LogP contribution in [0.3, 0.4) is 0 Å². The van der Waals surface area contributed by atoms with Gasteiger partial charge in [0.1, 0.15) is 0 Å². The fraction of sp³-hybridized carbons (Fsp3) is 0.462. The lowest BCUT2D eigenvalue weighted by Gasteiger charge is -2.27. The normalized spacial score (nSPS) is 12.2. The Balaban J connectivity index is 3.01. The van der Waals surface area contributed by atoms with Crippen molar-refractivity contribution in [2.45, 2.75) is 33.2 Å². The van der Waals surface area contributed by atoms with Crippen molar-refractivity contribution < 1.29 is 4.79 Å². The predicted octanol–water partition coefficient (Wildman–Crippen LogP) is 2.11. The summed E-state index contributed by atoms with van der Waals surface area (Å²) in [7, 11) is 0. The molecule has 0 heterocycles. The molecular weight excluding hydrogens is 214 g/mol. The van der Waals surface area contributed by atoms with Gasteiger partial charge in [-0.15, -0.1) is 0 Å². The van der Waals surface area contributed by atoms with E-state index in [0.717, 1.165) is 6.42 Å². The Morgan fingerprint density at radius 3 is 2.18 bits per heavy atom. The van der Waals surface area contributed by atoms with Crippen LogP contribution in [0.2, 0.25) is 0 Å². The summed E-state index contributed by atoms with van der Waals surface area (Å²) in [5.41, 5.74) is 13.0. The molecule has 0 bridgehead atoms. The van der Waals surface area contributed by atoms with Crippen molar-refractivity contribution in [1.82, 2.24) is 4.90 Å². The van der Waals surface area contributed by atoms with Gasteiger partial charge in [0.05, 0.1) is 0 Å². The number of carbonyl (C=O) groups excluding carboxylic acids is 1. The third kappa shape index (κ3) is 3.12. The first kappa shape index (κ1) is 13.4. The Bertz CT molecular complexity index is 383. The van der Waals surface area contributed by atoms with E-state index in [2.05, 4.69) is 6.92 Å². The molecule has 17 heavy (non-hydrogen) atoms. The number of anilines is 2. The van der Waals surface area contributed by atoms with E-state index in [0.29, 0.717) is 23.5 Å². The summed E-state index contributed by atoms with van der Waals surface area (Å²) in [5, 5.41) is 0. The summed E-state index contributed by atoms with van der Waals surface area (Å²) in [6, 6.07) is 5.21. The maximum atomic E-state index is 12.3. The number of nitrogen functional groups attached to an aromatic ring is 2. The van der Waals surface area contributed by atoms with Gasteiger partial charge in [-0.1, -0.05) is 6.92 Å². The fourth-order valence-corrected chi connectivity index (χ4v) is 1.84. The molecule has 1 aromatic rings. The van der Waals surface area contributed by atoms with E-state index in [1.807, 2.05) is 18.7 Å². The van der Waals surface area contributed by atoms with E-state index in [1.165, 1.54) is 0 Å². The van der Waals surface area contributed by atoms with Crippen LogP contribution in [0.1, 0.15) is 37.6 Å². The molecule has 0 saturated carbocycles. The molecule has 1 amide bonds. The first-order valence-electron chi connectivity index (χ1n) is 5.96. The van der Waals surface area contributed by atoms with Crippen LogP contribution >= 0.6 is 0 Å². The molecule has 1 unspecified atom stereocenters. The van der Waals surface area contributed by atoms with Gasteiger partial charge in [-0.25, -0.2) is 0 Å². The van der Waals surface area contributed by atoms with E-state index < -0.39 is 0 Å². The van der Waals surface area contributed by atoms with Crippen molar-refractivity contribution in [3.8, 4) is 0 Å². The highest BCUT2D eigenvalue weighted by atomic mass is 16.2. The summed E-state index contributed by atoms with van der Waals surface area (Å²) >= 11 is 0. The summed E-state index contributed by atoms with van der Waals surface area (Å²) in [6.45, 7) is 6.76. The predicted molar refractivity (Wildman–Crippen MR) is 71.7 cm³/mol. The standard InChI is InChI=1S/C13H21N3O/c1-4-9(3)16(5-2)13(17)10-6-11(14)8-12(15)7-10/h6-9H,4-5,14-15H2,1-3H3. The van der Waals surface area contributed by atoms with E-state index in [1.54, 1.807) is 18.2 Å². The molecule has 0 aliphatic heterocycles. The number of rotatable bonds is 4. The van der Waals surface area contributed by atoms with Crippen LogP contribution < -0.4 is 11.5 Å². The Hall–Kier alpha value is -1.71. The molecule has 0 radical (unpaired) electrons. The maximum Gasteiger partial charge on any atom is 0.254 e. The summed E-state index contributed by atoms with van der Waals surface area (Å²) in [6.07, 6.45) is 0.928. The zero-order valence-electron chi connectivity index (χ0n) is 10.7. The second-order valence-electron chi connectivity index (χ2n) is 4.24. The molecule has 1 aromatic carbocycles. The number of carbonyl (C=O) groups is 1. The highest BCUT2D eigenvalue weighted by Gasteiger charge is 2.19. The average Bonchev–Trinajstić information content (AvgIpc) is 2.28. The van der Waals surface area contributed by atoms with Gasteiger partial charge in [0.2, 0.25) is 0 Å². The van der Waals surface area contributed by atoms with Crippen LogP contribution in [-0.4, -0.2) is 23.4 Å². The Morgan fingerprint density at radius 2 is 1.76 bits per heavy atom. The second kappa shape index (κ2) is 5.57. The molecule has 4 heteroatoms. The molecule has 4 nitrogen and oxygen atoms in total. The van der Waals surface area contributed by atoms with E-state index in [-0.39, 0.29) is 11.9 Å². The largest absolute Gasteiger partial charge is 0.399 e. The van der Waals surface area contributed by atoms with E-state index in [9.17, 15) is 4.79 Å². The number of benzene rings is 1. The topological polar surface area (TPSA) is 72.3 Å². The molecular formula is C13H21N3O.